The predicted molar refractivity (Wildman–Crippen MR) is 159 cm³/mol. The molecule has 0 rings (SSSR count). The Hall–Kier alpha value is -2.93. The van der Waals surface area contributed by atoms with Gasteiger partial charge in [0.15, 0.2) is 24.4 Å². The lowest BCUT2D eigenvalue weighted by atomic mass is 10.1. The number of Topliss-reactive ketones (excluding diaryl/α,β-unsaturated/α-hetero) is 1. The van der Waals surface area contributed by atoms with Gasteiger partial charge in [0.05, 0.1) is 13.2 Å². The monoisotopic (exact) mass is 634 g/mol. The third kappa shape index (κ3) is 18.7. The van der Waals surface area contributed by atoms with Gasteiger partial charge >= 0.3 is 24.2 Å². The molecule has 0 N–H and O–H groups in total. The molecule has 0 aromatic heterocycles. The molecular formula is C31H54O13. The zero-order valence-corrected chi connectivity index (χ0v) is 29.0. The van der Waals surface area contributed by atoms with E-state index < -0.39 is 76.9 Å². The molecule has 0 aliphatic heterocycles. The standard InChI is InChI=1S/C31H54O13/c1-26(2,3)41-24(35)43-28(7,8)15-17-39-30(11,12)22(33)37-19-21(32)20-38-23(34)31(13,14)40-18-16-29(9,10)44-25(36)42-27(4,5)6/h15-20H2,1-14H3. The molecule has 0 atom stereocenters. The summed E-state index contributed by atoms with van der Waals surface area (Å²) in [6, 6.07) is 0. The van der Waals surface area contributed by atoms with Crippen LogP contribution < -0.4 is 0 Å². The zero-order valence-electron chi connectivity index (χ0n) is 29.0. The first-order valence-corrected chi connectivity index (χ1v) is 14.5. The lowest BCUT2D eigenvalue weighted by Gasteiger charge is -2.29. The van der Waals surface area contributed by atoms with Gasteiger partial charge in [0.2, 0.25) is 5.78 Å². The van der Waals surface area contributed by atoms with Gasteiger partial charge in [-0.05, 0) is 96.9 Å². The number of ketones is 1. The van der Waals surface area contributed by atoms with Crippen molar-refractivity contribution in [2.24, 2.45) is 0 Å². The third-order valence-corrected chi connectivity index (χ3v) is 5.54. The van der Waals surface area contributed by atoms with Gasteiger partial charge in [-0.15, -0.1) is 0 Å². The van der Waals surface area contributed by atoms with E-state index in [9.17, 15) is 24.0 Å². The van der Waals surface area contributed by atoms with Crippen molar-refractivity contribution in [1.29, 1.82) is 0 Å². The Labute approximate surface area is 261 Å². The molecule has 0 amide bonds. The van der Waals surface area contributed by atoms with Crippen molar-refractivity contribution < 1.29 is 61.9 Å². The second-order valence-electron chi connectivity index (χ2n) is 14.6. The highest BCUT2D eigenvalue weighted by Gasteiger charge is 2.35. The van der Waals surface area contributed by atoms with Crippen LogP contribution in [-0.2, 0) is 52.3 Å². The normalized spacial score (nSPS) is 13.0. The van der Waals surface area contributed by atoms with Crippen LogP contribution in [0.3, 0.4) is 0 Å². The summed E-state index contributed by atoms with van der Waals surface area (Å²) in [6.07, 6.45) is -1.12. The summed E-state index contributed by atoms with van der Waals surface area (Å²) in [5, 5.41) is 0. The Morgan fingerprint density at radius 3 is 1.02 bits per heavy atom. The molecule has 0 aliphatic carbocycles. The average molecular weight is 635 g/mol. The van der Waals surface area contributed by atoms with Gasteiger partial charge in [-0.25, -0.2) is 19.2 Å². The molecule has 13 nitrogen and oxygen atoms in total. The Balaban J connectivity index is 4.59. The number of esters is 2. The molecule has 0 aromatic rings. The Morgan fingerprint density at radius 2 is 0.750 bits per heavy atom. The minimum Gasteiger partial charge on any atom is -0.455 e. The molecule has 0 radical (unpaired) electrons. The number of ether oxygens (including phenoxy) is 8. The van der Waals surface area contributed by atoms with Crippen LogP contribution in [0.4, 0.5) is 9.59 Å². The molecule has 0 unspecified atom stereocenters. The first-order chi connectivity index (χ1) is 19.6. The van der Waals surface area contributed by atoms with E-state index >= 15 is 0 Å². The van der Waals surface area contributed by atoms with Gasteiger partial charge < -0.3 is 37.9 Å². The van der Waals surface area contributed by atoms with E-state index in [0.717, 1.165) is 0 Å². The van der Waals surface area contributed by atoms with Crippen molar-refractivity contribution in [2.45, 2.75) is 143 Å². The van der Waals surface area contributed by atoms with Crippen LogP contribution in [0.2, 0.25) is 0 Å². The van der Waals surface area contributed by atoms with Crippen LogP contribution in [-0.4, -0.2) is 90.1 Å². The quantitative estimate of drug-likeness (QED) is 0.155. The fourth-order valence-electron chi connectivity index (χ4n) is 3.00. The first kappa shape index (κ1) is 41.1. The van der Waals surface area contributed by atoms with Gasteiger partial charge in [-0.2, -0.15) is 0 Å². The maximum absolute atomic E-state index is 12.5. The molecule has 0 saturated carbocycles. The van der Waals surface area contributed by atoms with E-state index in [2.05, 4.69) is 0 Å². The predicted octanol–water partition coefficient (Wildman–Crippen LogP) is 5.47. The molecule has 0 fully saturated rings. The van der Waals surface area contributed by atoms with Crippen LogP contribution in [0.15, 0.2) is 0 Å². The molecule has 0 bridgehead atoms. The summed E-state index contributed by atoms with van der Waals surface area (Å²) in [7, 11) is 0. The number of carbonyl (C=O) groups is 5. The van der Waals surface area contributed by atoms with Gasteiger partial charge in [0.1, 0.15) is 22.4 Å². The molecule has 0 aliphatic rings. The van der Waals surface area contributed by atoms with E-state index in [4.69, 9.17) is 37.9 Å². The number of rotatable bonds is 16. The SMILES string of the molecule is CC(C)(C)OC(=O)OC(C)(C)CCOC(C)(C)C(=O)OCC(=O)COC(=O)C(C)(C)OCCC(C)(C)OC(=O)OC(C)(C)C. The first-order valence-electron chi connectivity index (χ1n) is 14.5. The highest BCUT2D eigenvalue weighted by Crippen LogP contribution is 2.22. The number of hydrogen-bond acceptors (Lipinski definition) is 13. The Kier molecular flexibility index (Phi) is 14.8. The van der Waals surface area contributed by atoms with E-state index in [1.54, 1.807) is 69.2 Å². The van der Waals surface area contributed by atoms with E-state index in [1.807, 2.05) is 0 Å². The molecule has 256 valence electrons. The number of hydrogen-bond donors (Lipinski definition) is 0. The number of carbonyl (C=O) groups excluding carboxylic acids is 5. The summed E-state index contributed by atoms with van der Waals surface area (Å²) >= 11 is 0. The van der Waals surface area contributed by atoms with Crippen molar-refractivity contribution in [1.82, 2.24) is 0 Å². The lowest BCUT2D eigenvalue weighted by Crippen LogP contribution is -2.41. The van der Waals surface area contributed by atoms with Crippen molar-refractivity contribution in [3.8, 4) is 0 Å². The zero-order chi connectivity index (χ0) is 34.8. The van der Waals surface area contributed by atoms with Crippen LogP contribution in [0.1, 0.15) is 110 Å². The highest BCUT2D eigenvalue weighted by molar-refractivity contribution is 5.87. The minimum atomic E-state index is -1.41. The summed E-state index contributed by atoms with van der Waals surface area (Å²) < 4.78 is 42.4. The summed E-state index contributed by atoms with van der Waals surface area (Å²) in [6.45, 7) is 21.8. The van der Waals surface area contributed by atoms with Crippen molar-refractivity contribution in [3.05, 3.63) is 0 Å². The topological polar surface area (TPSA) is 159 Å². The summed E-state index contributed by atoms with van der Waals surface area (Å²) in [4.78, 5) is 61.2. The van der Waals surface area contributed by atoms with Gasteiger partial charge in [-0.3, -0.25) is 4.79 Å². The maximum atomic E-state index is 12.5. The van der Waals surface area contributed by atoms with E-state index in [0.29, 0.717) is 0 Å². The van der Waals surface area contributed by atoms with Crippen LogP contribution >= 0.6 is 0 Å². The fourth-order valence-corrected chi connectivity index (χ4v) is 3.00. The lowest BCUT2D eigenvalue weighted by molar-refractivity contribution is -0.175. The van der Waals surface area contributed by atoms with Gasteiger partial charge in [0.25, 0.3) is 0 Å². The van der Waals surface area contributed by atoms with E-state index in [-0.39, 0.29) is 26.1 Å². The highest BCUT2D eigenvalue weighted by atomic mass is 16.7. The summed E-state index contributed by atoms with van der Waals surface area (Å²) in [5.74, 6) is -2.26. The third-order valence-electron chi connectivity index (χ3n) is 5.54. The molecule has 0 heterocycles. The van der Waals surface area contributed by atoms with Crippen LogP contribution in [0, 0.1) is 0 Å². The van der Waals surface area contributed by atoms with Gasteiger partial charge in [-0.1, -0.05) is 0 Å². The van der Waals surface area contributed by atoms with E-state index in [1.165, 1.54) is 27.7 Å². The van der Waals surface area contributed by atoms with Crippen molar-refractivity contribution in [2.75, 3.05) is 26.4 Å². The minimum absolute atomic E-state index is 0.0445. The second-order valence-corrected chi connectivity index (χ2v) is 14.6. The Morgan fingerprint density at radius 1 is 0.455 bits per heavy atom. The molecule has 0 aromatic carbocycles. The maximum Gasteiger partial charge on any atom is 0.509 e. The largest absolute Gasteiger partial charge is 0.509 e. The van der Waals surface area contributed by atoms with Crippen LogP contribution in [0.25, 0.3) is 0 Å². The fraction of sp³-hybridized carbons (Fsp3) is 0.839. The molecule has 44 heavy (non-hydrogen) atoms. The second kappa shape index (κ2) is 15.9. The van der Waals surface area contributed by atoms with Gasteiger partial charge in [0, 0.05) is 12.8 Å². The summed E-state index contributed by atoms with van der Waals surface area (Å²) in [5.41, 5.74) is -6.07. The molecule has 0 spiro atoms. The molecule has 0 saturated heterocycles. The van der Waals surface area contributed by atoms with Crippen molar-refractivity contribution >= 4 is 30.0 Å². The smallest absolute Gasteiger partial charge is 0.455 e. The Bertz CT molecular complexity index is 917. The molecular weight excluding hydrogens is 580 g/mol. The molecule has 13 heteroatoms. The van der Waals surface area contributed by atoms with Crippen molar-refractivity contribution in [3.63, 3.8) is 0 Å². The average Bonchev–Trinajstić information content (AvgIpc) is 2.76. The van der Waals surface area contributed by atoms with Crippen LogP contribution in [0.5, 0.6) is 0 Å².